The maximum atomic E-state index is 12.4. The van der Waals surface area contributed by atoms with Crippen LogP contribution in [0.3, 0.4) is 0 Å². The molecule has 3 N–H and O–H groups in total. The molecule has 0 amide bonds. The van der Waals surface area contributed by atoms with Crippen LogP contribution in [0.15, 0.2) is 60.7 Å². The number of nitro groups is 1. The molecule has 0 aliphatic carbocycles. The molecule has 0 aliphatic heterocycles. The molecule has 3 aromatic carbocycles. The van der Waals surface area contributed by atoms with E-state index in [0.717, 1.165) is 16.8 Å². The van der Waals surface area contributed by atoms with Gasteiger partial charge in [0.05, 0.1) is 10.5 Å². The molecule has 25 heavy (non-hydrogen) atoms. The lowest BCUT2D eigenvalue weighted by Crippen LogP contribution is -2.19. The lowest BCUT2D eigenvalue weighted by molar-refractivity contribution is -0.384. The van der Waals surface area contributed by atoms with Gasteiger partial charge >= 0.3 is 5.97 Å². The highest BCUT2D eigenvalue weighted by Gasteiger charge is 2.19. The molecule has 0 fully saturated rings. The van der Waals surface area contributed by atoms with E-state index >= 15 is 0 Å². The van der Waals surface area contributed by atoms with Crippen molar-refractivity contribution in [1.82, 2.24) is 0 Å². The fraction of sp³-hybridized carbons (Fsp3) is 0. The summed E-state index contributed by atoms with van der Waals surface area (Å²) in [5.74, 6) is -0.860. The number of fused-ring (bicyclic) bond motifs is 1. The van der Waals surface area contributed by atoms with Crippen LogP contribution in [0.5, 0.6) is 5.75 Å². The molecule has 3 aromatic rings. The number of non-ortho nitro benzene ring substituents is 1. The Morgan fingerprint density at radius 2 is 1.72 bits per heavy atom. The Hall–Kier alpha value is -3.74. The van der Waals surface area contributed by atoms with E-state index < -0.39 is 16.7 Å². The first-order valence-electron chi connectivity index (χ1n) is 7.29. The van der Waals surface area contributed by atoms with Crippen molar-refractivity contribution in [3.63, 3.8) is 0 Å². The second-order valence-electron chi connectivity index (χ2n) is 5.30. The van der Waals surface area contributed by atoms with Gasteiger partial charge in [0.25, 0.3) is 5.69 Å². The summed E-state index contributed by atoms with van der Waals surface area (Å²) in [5.41, 5.74) is 5.14. The molecular weight excluding hydrogens is 322 g/mol. The third-order valence-electron chi connectivity index (χ3n) is 3.66. The molecule has 0 saturated carbocycles. The van der Waals surface area contributed by atoms with Crippen molar-refractivity contribution in [1.29, 1.82) is 5.41 Å². The van der Waals surface area contributed by atoms with Crippen molar-refractivity contribution in [2.24, 2.45) is 5.73 Å². The predicted molar refractivity (Wildman–Crippen MR) is 93.0 cm³/mol. The van der Waals surface area contributed by atoms with Crippen LogP contribution in [-0.4, -0.2) is 16.7 Å². The number of carbonyl (C=O) groups excluding carboxylic acids is 1. The third kappa shape index (κ3) is 3.30. The lowest BCUT2D eigenvalue weighted by Gasteiger charge is -2.09. The molecule has 0 bridgehead atoms. The van der Waals surface area contributed by atoms with E-state index in [1.807, 2.05) is 30.3 Å². The Morgan fingerprint density at radius 1 is 1.00 bits per heavy atom. The maximum absolute atomic E-state index is 12.4. The van der Waals surface area contributed by atoms with Crippen molar-refractivity contribution in [2.75, 3.05) is 0 Å². The Kier molecular flexibility index (Phi) is 4.13. The predicted octanol–water partition coefficient (Wildman–Crippen LogP) is 3.25. The van der Waals surface area contributed by atoms with Gasteiger partial charge in [-0.2, -0.15) is 0 Å². The average Bonchev–Trinajstić information content (AvgIpc) is 2.60. The minimum atomic E-state index is -0.740. The molecule has 0 radical (unpaired) electrons. The Bertz CT molecular complexity index is 1010. The summed E-state index contributed by atoms with van der Waals surface area (Å²) in [4.78, 5) is 22.6. The van der Waals surface area contributed by atoms with Gasteiger partial charge in [0.2, 0.25) is 0 Å². The number of esters is 1. The molecule has 0 saturated heterocycles. The summed E-state index contributed by atoms with van der Waals surface area (Å²) < 4.78 is 5.34. The number of rotatable bonds is 4. The molecule has 7 heteroatoms. The van der Waals surface area contributed by atoms with Crippen LogP contribution in [0.1, 0.15) is 15.9 Å². The van der Waals surface area contributed by atoms with Gasteiger partial charge in [-0.05, 0) is 29.0 Å². The molecule has 0 heterocycles. The minimum Gasteiger partial charge on any atom is -0.423 e. The molecule has 0 atom stereocenters. The van der Waals surface area contributed by atoms with Crippen LogP contribution in [0.2, 0.25) is 0 Å². The number of nitrogens with one attached hydrogen (secondary N) is 1. The quantitative estimate of drug-likeness (QED) is 0.189. The van der Waals surface area contributed by atoms with Gasteiger partial charge in [-0.25, -0.2) is 4.79 Å². The second-order valence-corrected chi connectivity index (χ2v) is 5.30. The van der Waals surface area contributed by atoms with E-state index in [2.05, 4.69) is 0 Å². The standard InChI is InChI=1S/C18H13N3O4/c19-17(20)16-10-13(21(23)24)6-8-15(16)18(22)25-14-7-5-11-3-1-2-4-12(11)9-14/h1-10H,(H3,19,20). The number of hydrogen-bond donors (Lipinski definition) is 2. The number of hydrogen-bond acceptors (Lipinski definition) is 5. The lowest BCUT2D eigenvalue weighted by atomic mass is 10.1. The molecule has 0 aromatic heterocycles. The molecule has 124 valence electrons. The summed E-state index contributed by atoms with van der Waals surface area (Å²) in [7, 11) is 0. The van der Waals surface area contributed by atoms with Gasteiger partial charge in [-0.3, -0.25) is 15.5 Å². The van der Waals surface area contributed by atoms with Gasteiger partial charge in [-0.1, -0.05) is 30.3 Å². The molecule has 0 unspecified atom stereocenters. The van der Waals surface area contributed by atoms with Crippen LogP contribution >= 0.6 is 0 Å². The number of benzene rings is 3. The number of nitro benzene ring substituents is 1. The van der Waals surface area contributed by atoms with Crippen molar-refractivity contribution in [3.8, 4) is 5.75 Å². The third-order valence-corrected chi connectivity index (χ3v) is 3.66. The van der Waals surface area contributed by atoms with Crippen LogP contribution < -0.4 is 10.5 Å². The van der Waals surface area contributed by atoms with Crippen LogP contribution in [0.4, 0.5) is 5.69 Å². The number of amidine groups is 1. The second kappa shape index (κ2) is 6.40. The van der Waals surface area contributed by atoms with Crippen LogP contribution in [0, 0.1) is 15.5 Å². The number of nitrogens with two attached hydrogens (primary N) is 1. The first-order chi connectivity index (χ1) is 12.0. The topological polar surface area (TPSA) is 119 Å². The fourth-order valence-electron chi connectivity index (χ4n) is 2.44. The van der Waals surface area contributed by atoms with Crippen LogP contribution in [0.25, 0.3) is 10.8 Å². The first kappa shape index (κ1) is 16.1. The monoisotopic (exact) mass is 335 g/mol. The highest BCUT2D eigenvalue weighted by molar-refractivity contribution is 6.07. The Labute approximate surface area is 142 Å². The Morgan fingerprint density at radius 3 is 2.40 bits per heavy atom. The Balaban J connectivity index is 1.94. The average molecular weight is 335 g/mol. The SMILES string of the molecule is N=C(N)c1cc([N+](=O)[O-])ccc1C(=O)Oc1ccc2ccccc2c1. The van der Waals surface area contributed by atoms with Crippen molar-refractivity contribution >= 4 is 28.3 Å². The van der Waals surface area contributed by atoms with E-state index in [4.69, 9.17) is 15.9 Å². The number of nitrogen functional groups attached to an aromatic ring is 1. The van der Waals surface area contributed by atoms with Gasteiger partial charge in [0.1, 0.15) is 11.6 Å². The smallest absolute Gasteiger partial charge is 0.344 e. The molecule has 0 spiro atoms. The largest absolute Gasteiger partial charge is 0.423 e. The summed E-state index contributed by atoms with van der Waals surface area (Å²) in [6.45, 7) is 0. The van der Waals surface area contributed by atoms with E-state index in [1.165, 1.54) is 12.1 Å². The molecule has 3 rings (SSSR count). The normalized spacial score (nSPS) is 10.4. The number of carbonyl (C=O) groups is 1. The summed E-state index contributed by atoms with van der Waals surface area (Å²) in [6.07, 6.45) is 0. The number of nitrogens with zero attached hydrogens (tertiary/aromatic N) is 1. The van der Waals surface area contributed by atoms with E-state index in [1.54, 1.807) is 12.1 Å². The summed E-state index contributed by atoms with van der Waals surface area (Å²) in [6, 6.07) is 16.3. The summed E-state index contributed by atoms with van der Waals surface area (Å²) in [5, 5.41) is 20.3. The van der Waals surface area contributed by atoms with Gasteiger partial charge in [0.15, 0.2) is 0 Å². The highest BCUT2D eigenvalue weighted by Crippen LogP contribution is 2.23. The molecular formula is C18H13N3O4. The van der Waals surface area contributed by atoms with Crippen molar-refractivity contribution < 1.29 is 14.5 Å². The summed E-state index contributed by atoms with van der Waals surface area (Å²) >= 11 is 0. The van der Waals surface area contributed by atoms with Crippen LogP contribution in [-0.2, 0) is 0 Å². The fourth-order valence-corrected chi connectivity index (χ4v) is 2.44. The van der Waals surface area contributed by atoms with Gasteiger partial charge in [0, 0.05) is 17.7 Å². The zero-order valence-electron chi connectivity index (χ0n) is 12.9. The molecule has 0 aliphatic rings. The first-order valence-corrected chi connectivity index (χ1v) is 7.29. The molecule has 7 nitrogen and oxygen atoms in total. The van der Waals surface area contributed by atoms with Gasteiger partial charge in [-0.15, -0.1) is 0 Å². The van der Waals surface area contributed by atoms with E-state index in [9.17, 15) is 14.9 Å². The minimum absolute atomic E-state index is 0.00809. The van der Waals surface area contributed by atoms with Gasteiger partial charge < -0.3 is 10.5 Å². The zero-order chi connectivity index (χ0) is 18.0. The van der Waals surface area contributed by atoms with Crippen molar-refractivity contribution in [2.45, 2.75) is 0 Å². The highest BCUT2D eigenvalue weighted by atomic mass is 16.6. The van der Waals surface area contributed by atoms with Crippen molar-refractivity contribution in [3.05, 3.63) is 81.9 Å². The maximum Gasteiger partial charge on any atom is 0.344 e. The number of ether oxygens (including phenoxy) is 1. The van der Waals surface area contributed by atoms with E-state index in [-0.39, 0.29) is 16.8 Å². The van der Waals surface area contributed by atoms with E-state index in [0.29, 0.717) is 5.75 Å². The zero-order valence-corrected chi connectivity index (χ0v) is 12.9.